The Bertz CT molecular complexity index is 616. The molecule has 2 aromatic rings. The van der Waals surface area contributed by atoms with Gasteiger partial charge in [-0.3, -0.25) is 10.3 Å². The molecule has 0 spiro atoms. The van der Waals surface area contributed by atoms with Crippen LogP contribution in [0.1, 0.15) is 24.4 Å². The van der Waals surface area contributed by atoms with Gasteiger partial charge in [-0.05, 0) is 38.1 Å². The molecule has 0 aliphatic rings. The van der Waals surface area contributed by atoms with E-state index in [1.165, 1.54) is 7.11 Å². The van der Waals surface area contributed by atoms with Crippen LogP contribution in [0.5, 0.6) is 5.75 Å². The largest absolute Gasteiger partial charge is 0.493 e. The molecule has 1 atom stereocenters. The number of ether oxygens (including phenoxy) is 1. The molecule has 0 aliphatic heterocycles. The molecule has 0 aromatic carbocycles. The van der Waals surface area contributed by atoms with Gasteiger partial charge in [0.2, 0.25) is 0 Å². The minimum atomic E-state index is -0.357. The molecule has 0 saturated heterocycles. The zero-order valence-electron chi connectivity index (χ0n) is 12.3. The van der Waals surface area contributed by atoms with Crippen molar-refractivity contribution in [3.8, 4) is 5.75 Å². The highest BCUT2D eigenvalue weighted by Gasteiger charge is 2.13. The fourth-order valence-electron chi connectivity index (χ4n) is 1.84. The molecule has 21 heavy (non-hydrogen) atoms. The highest BCUT2D eigenvalue weighted by molar-refractivity contribution is 5.89. The number of urea groups is 1. The number of amides is 2. The molecule has 0 fully saturated rings. The maximum absolute atomic E-state index is 12.0. The zero-order chi connectivity index (χ0) is 15.2. The maximum atomic E-state index is 12.0. The van der Waals surface area contributed by atoms with Crippen LogP contribution in [0.15, 0.2) is 36.5 Å². The molecule has 6 heteroatoms. The van der Waals surface area contributed by atoms with E-state index in [0.717, 1.165) is 11.4 Å². The van der Waals surface area contributed by atoms with E-state index in [9.17, 15) is 4.79 Å². The van der Waals surface area contributed by atoms with Crippen molar-refractivity contribution < 1.29 is 9.53 Å². The summed E-state index contributed by atoms with van der Waals surface area (Å²) >= 11 is 0. The lowest BCUT2D eigenvalue weighted by atomic mass is 10.2. The Kier molecular flexibility index (Phi) is 4.71. The first-order chi connectivity index (χ1) is 10.1. The van der Waals surface area contributed by atoms with Crippen molar-refractivity contribution in [2.75, 3.05) is 12.4 Å². The summed E-state index contributed by atoms with van der Waals surface area (Å²) in [5.74, 6) is 0.907. The number of anilines is 1. The first-order valence-corrected chi connectivity index (χ1v) is 6.60. The SMILES string of the molecule is COc1ccc(C)nc1NC(=O)N[C@H](C)c1ccccn1. The Labute approximate surface area is 123 Å². The van der Waals surface area contributed by atoms with E-state index in [4.69, 9.17) is 4.74 Å². The standard InChI is InChI=1S/C15H18N4O2/c1-10-7-8-13(21-3)14(17-10)19-15(20)18-11(2)12-6-4-5-9-16-12/h4-9,11H,1-3H3,(H2,17,18,19,20)/t11-/m1/s1. The minimum absolute atomic E-state index is 0.206. The van der Waals surface area contributed by atoms with Crippen LogP contribution in [0.3, 0.4) is 0 Å². The van der Waals surface area contributed by atoms with Crippen molar-refractivity contribution in [3.05, 3.63) is 47.9 Å². The molecule has 2 amide bonds. The first kappa shape index (κ1) is 14.8. The predicted molar refractivity (Wildman–Crippen MR) is 80.3 cm³/mol. The van der Waals surface area contributed by atoms with Gasteiger partial charge in [-0.15, -0.1) is 0 Å². The van der Waals surface area contributed by atoms with Crippen LogP contribution < -0.4 is 15.4 Å². The van der Waals surface area contributed by atoms with E-state index in [1.54, 1.807) is 12.3 Å². The number of nitrogens with one attached hydrogen (secondary N) is 2. The Hall–Kier alpha value is -2.63. The summed E-state index contributed by atoms with van der Waals surface area (Å²) in [6, 6.07) is 8.59. The van der Waals surface area contributed by atoms with Gasteiger partial charge in [0.15, 0.2) is 11.6 Å². The minimum Gasteiger partial charge on any atom is -0.493 e. The summed E-state index contributed by atoms with van der Waals surface area (Å²) in [4.78, 5) is 20.5. The summed E-state index contributed by atoms with van der Waals surface area (Å²) in [7, 11) is 1.53. The third kappa shape index (κ3) is 3.92. The summed E-state index contributed by atoms with van der Waals surface area (Å²) < 4.78 is 5.17. The molecule has 0 bridgehead atoms. The molecule has 2 heterocycles. The van der Waals surface area contributed by atoms with Crippen molar-refractivity contribution in [1.29, 1.82) is 0 Å². The average Bonchev–Trinajstić information content (AvgIpc) is 2.48. The van der Waals surface area contributed by atoms with Crippen molar-refractivity contribution in [3.63, 3.8) is 0 Å². The third-order valence-corrected chi connectivity index (χ3v) is 2.93. The second kappa shape index (κ2) is 6.69. The molecular formula is C15H18N4O2. The van der Waals surface area contributed by atoms with Crippen LogP contribution in [0, 0.1) is 6.92 Å². The van der Waals surface area contributed by atoms with E-state index in [1.807, 2.05) is 38.1 Å². The third-order valence-electron chi connectivity index (χ3n) is 2.93. The highest BCUT2D eigenvalue weighted by Crippen LogP contribution is 2.21. The quantitative estimate of drug-likeness (QED) is 0.906. The smallest absolute Gasteiger partial charge is 0.321 e. The van der Waals surface area contributed by atoms with E-state index >= 15 is 0 Å². The monoisotopic (exact) mass is 286 g/mol. The predicted octanol–water partition coefficient (Wildman–Crippen LogP) is 2.68. The zero-order valence-corrected chi connectivity index (χ0v) is 12.3. The molecule has 0 aliphatic carbocycles. The lowest BCUT2D eigenvalue weighted by molar-refractivity contribution is 0.249. The lowest BCUT2D eigenvalue weighted by Gasteiger charge is -2.15. The number of carbonyl (C=O) groups excluding carboxylic acids is 1. The number of methoxy groups -OCH3 is 1. The molecule has 2 rings (SSSR count). The van der Waals surface area contributed by atoms with E-state index in [0.29, 0.717) is 11.6 Å². The van der Waals surface area contributed by atoms with Crippen LogP contribution in [-0.2, 0) is 0 Å². The molecular weight excluding hydrogens is 268 g/mol. The van der Waals surface area contributed by atoms with Gasteiger partial charge in [0.05, 0.1) is 18.8 Å². The van der Waals surface area contributed by atoms with Crippen molar-refractivity contribution in [1.82, 2.24) is 15.3 Å². The number of nitrogens with zero attached hydrogens (tertiary/aromatic N) is 2. The van der Waals surface area contributed by atoms with Gasteiger partial charge >= 0.3 is 6.03 Å². The lowest BCUT2D eigenvalue weighted by Crippen LogP contribution is -2.32. The molecule has 2 aromatic heterocycles. The first-order valence-electron chi connectivity index (χ1n) is 6.60. The van der Waals surface area contributed by atoms with Gasteiger partial charge in [-0.2, -0.15) is 0 Å². The van der Waals surface area contributed by atoms with Gasteiger partial charge in [-0.1, -0.05) is 6.07 Å². The number of pyridine rings is 2. The number of aromatic nitrogens is 2. The summed E-state index contributed by atoms with van der Waals surface area (Å²) in [5.41, 5.74) is 1.58. The summed E-state index contributed by atoms with van der Waals surface area (Å²) in [5, 5.41) is 5.50. The Balaban J connectivity index is 2.04. The van der Waals surface area contributed by atoms with Crippen LogP contribution in [0.4, 0.5) is 10.6 Å². The number of hydrogen-bond donors (Lipinski definition) is 2. The van der Waals surface area contributed by atoms with Crippen LogP contribution >= 0.6 is 0 Å². The van der Waals surface area contributed by atoms with Gasteiger partial charge < -0.3 is 10.1 Å². The van der Waals surface area contributed by atoms with Crippen LogP contribution in [0.25, 0.3) is 0 Å². The number of rotatable bonds is 4. The summed E-state index contributed by atoms with van der Waals surface area (Å²) in [6.07, 6.45) is 1.69. The molecule has 110 valence electrons. The van der Waals surface area contributed by atoms with E-state index in [2.05, 4.69) is 20.6 Å². The molecule has 0 saturated carbocycles. The highest BCUT2D eigenvalue weighted by atomic mass is 16.5. The molecule has 0 unspecified atom stereocenters. The number of aryl methyl sites for hydroxylation is 1. The Morgan fingerprint density at radius 2 is 2.10 bits per heavy atom. The van der Waals surface area contributed by atoms with Crippen LogP contribution in [-0.4, -0.2) is 23.1 Å². The fraction of sp³-hybridized carbons (Fsp3) is 0.267. The van der Waals surface area contributed by atoms with E-state index in [-0.39, 0.29) is 12.1 Å². The fourth-order valence-corrected chi connectivity index (χ4v) is 1.84. The van der Waals surface area contributed by atoms with Gasteiger partial charge in [0, 0.05) is 11.9 Å². The van der Waals surface area contributed by atoms with Gasteiger partial charge in [0.25, 0.3) is 0 Å². The molecule has 6 nitrogen and oxygen atoms in total. The number of carbonyl (C=O) groups is 1. The Morgan fingerprint density at radius 1 is 1.29 bits per heavy atom. The summed E-state index contributed by atoms with van der Waals surface area (Å²) in [6.45, 7) is 3.71. The van der Waals surface area contributed by atoms with Gasteiger partial charge in [-0.25, -0.2) is 9.78 Å². The van der Waals surface area contributed by atoms with Crippen LogP contribution in [0.2, 0.25) is 0 Å². The second-order valence-electron chi connectivity index (χ2n) is 4.58. The maximum Gasteiger partial charge on any atom is 0.321 e. The normalized spacial score (nSPS) is 11.6. The number of hydrogen-bond acceptors (Lipinski definition) is 4. The average molecular weight is 286 g/mol. The van der Waals surface area contributed by atoms with Crippen molar-refractivity contribution in [2.24, 2.45) is 0 Å². The Morgan fingerprint density at radius 3 is 2.76 bits per heavy atom. The topological polar surface area (TPSA) is 76.1 Å². The van der Waals surface area contributed by atoms with Crippen molar-refractivity contribution >= 4 is 11.8 Å². The van der Waals surface area contributed by atoms with Crippen molar-refractivity contribution in [2.45, 2.75) is 19.9 Å². The molecule has 0 radical (unpaired) electrons. The molecule has 2 N–H and O–H groups in total. The van der Waals surface area contributed by atoms with Gasteiger partial charge in [0.1, 0.15) is 0 Å². The second-order valence-corrected chi connectivity index (χ2v) is 4.58. The van der Waals surface area contributed by atoms with E-state index < -0.39 is 0 Å².